The Balaban J connectivity index is 1.50. The first-order valence-electron chi connectivity index (χ1n) is 9.49. The van der Waals surface area contributed by atoms with Gasteiger partial charge in [-0.3, -0.25) is 0 Å². The molecule has 9 heteroatoms. The van der Waals surface area contributed by atoms with Crippen LogP contribution in [0, 0.1) is 0 Å². The van der Waals surface area contributed by atoms with Crippen molar-refractivity contribution < 1.29 is 14.2 Å². The van der Waals surface area contributed by atoms with Crippen molar-refractivity contribution in [3.8, 4) is 17.5 Å². The predicted molar refractivity (Wildman–Crippen MR) is 106 cm³/mol. The average Bonchev–Trinajstić information content (AvgIpc) is 2.73. The number of hydrogen-bond donors (Lipinski definition) is 1. The third-order valence-electron chi connectivity index (χ3n) is 4.16. The SMILES string of the molecule is CN(C)CCOc1ncccc1OCCOc1nccnc1N1CCNCC1. The van der Waals surface area contributed by atoms with Crippen LogP contribution in [0.15, 0.2) is 30.7 Å². The van der Waals surface area contributed by atoms with E-state index >= 15 is 0 Å². The molecule has 1 aliphatic rings. The Morgan fingerprint density at radius 2 is 1.64 bits per heavy atom. The number of hydrogen-bond acceptors (Lipinski definition) is 9. The van der Waals surface area contributed by atoms with E-state index in [1.807, 2.05) is 31.1 Å². The molecule has 3 rings (SSSR count). The van der Waals surface area contributed by atoms with E-state index in [0.717, 1.165) is 38.5 Å². The summed E-state index contributed by atoms with van der Waals surface area (Å²) in [4.78, 5) is 17.2. The standard InChI is InChI=1S/C19H28N6O3/c1-24(2)12-13-27-18-16(4-3-5-22-18)26-14-15-28-19-17(21-6-7-23-19)25-10-8-20-9-11-25/h3-7,20H,8-15H2,1-2H3. The summed E-state index contributed by atoms with van der Waals surface area (Å²) in [6.07, 6.45) is 5.01. The number of piperazine rings is 1. The van der Waals surface area contributed by atoms with E-state index in [-0.39, 0.29) is 0 Å². The van der Waals surface area contributed by atoms with Crippen molar-refractivity contribution >= 4 is 5.82 Å². The van der Waals surface area contributed by atoms with E-state index in [4.69, 9.17) is 14.2 Å². The second kappa shape index (κ2) is 10.6. The molecule has 1 saturated heterocycles. The minimum Gasteiger partial charge on any atom is -0.484 e. The summed E-state index contributed by atoms with van der Waals surface area (Å²) in [6.45, 7) is 5.68. The van der Waals surface area contributed by atoms with Crippen LogP contribution in [0.1, 0.15) is 0 Å². The van der Waals surface area contributed by atoms with Gasteiger partial charge in [-0.15, -0.1) is 0 Å². The third-order valence-corrected chi connectivity index (χ3v) is 4.16. The van der Waals surface area contributed by atoms with Gasteiger partial charge in [0, 0.05) is 51.3 Å². The Kier molecular flexibility index (Phi) is 7.62. The number of ether oxygens (including phenoxy) is 3. The molecular formula is C19H28N6O3. The molecule has 0 amide bonds. The van der Waals surface area contributed by atoms with Crippen molar-refractivity contribution in [1.29, 1.82) is 0 Å². The van der Waals surface area contributed by atoms with Crippen LogP contribution in [0.3, 0.4) is 0 Å². The molecular weight excluding hydrogens is 360 g/mol. The first-order chi connectivity index (χ1) is 13.7. The fourth-order valence-electron chi connectivity index (χ4n) is 2.72. The molecule has 0 bridgehead atoms. The number of nitrogens with zero attached hydrogens (tertiary/aromatic N) is 5. The highest BCUT2D eigenvalue weighted by Gasteiger charge is 2.17. The number of pyridine rings is 1. The van der Waals surface area contributed by atoms with Crippen LogP contribution in [0.2, 0.25) is 0 Å². The minimum absolute atomic E-state index is 0.351. The molecule has 0 spiro atoms. The molecule has 9 nitrogen and oxygen atoms in total. The summed E-state index contributed by atoms with van der Waals surface area (Å²) >= 11 is 0. The molecule has 1 fully saturated rings. The number of nitrogens with one attached hydrogen (secondary N) is 1. The highest BCUT2D eigenvalue weighted by molar-refractivity contribution is 5.48. The Hall–Kier alpha value is -2.65. The summed E-state index contributed by atoms with van der Waals surface area (Å²) < 4.78 is 17.3. The van der Waals surface area contributed by atoms with Gasteiger partial charge < -0.3 is 29.3 Å². The predicted octanol–water partition coefficient (Wildman–Crippen LogP) is 0.679. The van der Waals surface area contributed by atoms with Gasteiger partial charge in [0.1, 0.15) is 19.8 Å². The second-order valence-corrected chi connectivity index (χ2v) is 6.58. The molecule has 1 N–H and O–H groups in total. The van der Waals surface area contributed by atoms with Crippen LogP contribution in [-0.2, 0) is 0 Å². The number of likely N-dealkylation sites (N-methyl/N-ethyl adjacent to an activating group) is 1. The van der Waals surface area contributed by atoms with E-state index in [1.54, 1.807) is 18.6 Å². The maximum atomic E-state index is 5.84. The smallest absolute Gasteiger partial charge is 0.257 e. The van der Waals surface area contributed by atoms with Gasteiger partial charge >= 0.3 is 0 Å². The lowest BCUT2D eigenvalue weighted by Gasteiger charge is -2.28. The molecule has 2 aromatic heterocycles. The lowest BCUT2D eigenvalue weighted by atomic mass is 10.3. The maximum absolute atomic E-state index is 5.84. The summed E-state index contributed by atoms with van der Waals surface area (Å²) in [6, 6.07) is 3.66. The van der Waals surface area contributed by atoms with Crippen molar-refractivity contribution in [3.05, 3.63) is 30.7 Å². The van der Waals surface area contributed by atoms with Gasteiger partial charge in [0.25, 0.3) is 11.8 Å². The van der Waals surface area contributed by atoms with Crippen molar-refractivity contribution in [2.24, 2.45) is 0 Å². The van der Waals surface area contributed by atoms with Crippen LogP contribution in [-0.4, -0.2) is 86.5 Å². The fraction of sp³-hybridized carbons (Fsp3) is 0.526. The minimum atomic E-state index is 0.351. The third kappa shape index (κ3) is 5.93. The van der Waals surface area contributed by atoms with E-state index in [1.165, 1.54) is 0 Å². The van der Waals surface area contributed by atoms with Crippen molar-refractivity contribution in [1.82, 2.24) is 25.2 Å². The molecule has 0 aromatic carbocycles. The molecule has 1 aliphatic heterocycles. The molecule has 152 valence electrons. The van der Waals surface area contributed by atoms with Crippen LogP contribution < -0.4 is 24.4 Å². The van der Waals surface area contributed by atoms with Crippen LogP contribution in [0.4, 0.5) is 5.82 Å². The second-order valence-electron chi connectivity index (χ2n) is 6.58. The van der Waals surface area contributed by atoms with Crippen molar-refractivity contribution in [3.63, 3.8) is 0 Å². The van der Waals surface area contributed by atoms with Crippen LogP contribution in [0.25, 0.3) is 0 Å². The maximum Gasteiger partial charge on any atom is 0.257 e. The van der Waals surface area contributed by atoms with Crippen molar-refractivity contribution in [2.45, 2.75) is 0 Å². The van der Waals surface area contributed by atoms with Gasteiger partial charge in [-0.1, -0.05) is 0 Å². The first kappa shape index (κ1) is 20.1. The lowest BCUT2D eigenvalue weighted by Crippen LogP contribution is -2.44. The van der Waals surface area contributed by atoms with E-state index in [0.29, 0.717) is 37.3 Å². The van der Waals surface area contributed by atoms with Gasteiger partial charge in [-0.2, -0.15) is 0 Å². The van der Waals surface area contributed by atoms with E-state index in [9.17, 15) is 0 Å². The summed E-state index contributed by atoms with van der Waals surface area (Å²) in [5, 5.41) is 3.33. The Labute approximate surface area is 165 Å². The quantitative estimate of drug-likeness (QED) is 0.591. The average molecular weight is 388 g/mol. The molecule has 0 saturated carbocycles. The number of aromatic nitrogens is 3. The molecule has 3 heterocycles. The number of rotatable bonds is 10. The highest BCUT2D eigenvalue weighted by atomic mass is 16.5. The largest absolute Gasteiger partial charge is 0.484 e. The van der Waals surface area contributed by atoms with E-state index < -0.39 is 0 Å². The van der Waals surface area contributed by atoms with Gasteiger partial charge in [0.15, 0.2) is 11.6 Å². The molecule has 0 aliphatic carbocycles. The normalized spacial score (nSPS) is 14.2. The van der Waals surface area contributed by atoms with Gasteiger partial charge in [-0.05, 0) is 26.2 Å². The molecule has 2 aromatic rings. The summed E-state index contributed by atoms with van der Waals surface area (Å²) in [7, 11) is 4.00. The highest BCUT2D eigenvalue weighted by Crippen LogP contribution is 2.24. The Morgan fingerprint density at radius 1 is 0.929 bits per heavy atom. The molecule has 0 radical (unpaired) electrons. The zero-order valence-corrected chi connectivity index (χ0v) is 16.5. The molecule has 28 heavy (non-hydrogen) atoms. The lowest BCUT2D eigenvalue weighted by molar-refractivity contribution is 0.196. The first-order valence-corrected chi connectivity index (χ1v) is 9.49. The topological polar surface area (TPSA) is 84.9 Å². The molecule has 0 unspecified atom stereocenters. The van der Waals surface area contributed by atoms with Gasteiger partial charge in [-0.25, -0.2) is 15.0 Å². The summed E-state index contributed by atoms with van der Waals surface area (Å²) in [5.74, 6) is 2.40. The summed E-state index contributed by atoms with van der Waals surface area (Å²) in [5.41, 5.74) is 0. The van der Waals surface area contributed by atoms with Crippen LogP contribution in [0.5, 0.6) is 17.5 Å². The fourth-order valence-corrected chi connectivity index (χ4v) is 2.72. The van der Waals surface area contributed by atoms with E-state index in [2.05, 4.69) is 25.2 Å². The monoisotopic (exact) mass is 388 g/mol. The molecule has 0 atom stereocenters. The zero-order valence-electron chi connectivity index (χ0n) is 16.5. The van der Waals surface area contributed by atoms with Crippen LogP contribution >= 0.6 is 0 Å². The van der Waals surface area contributed by atoms with Crippen molar-refractivity contribution in [2.75, 3.05) is 71.5 Å². The number of anilines is 1. The zero-order chi connectivity index (χ0) is 19.6. The van der Waals surface area contributed by atoms with Gasteiger partial charge in [0.05, 0.1) is 0 Å². The van der Waals surface area contributed by atoms with Gasteiger partial charge in [0.2, 0.25) is 0 Å². The Bertz CT molecular complexity index is 724. The Morgan fingerprint density at radius 3 is 2.46 bits per heavy atom.